The van der Waals surface area contributed by atoms with Gasteiger partial charge in [-0.15, -0.1) is 0 Å². The van der Waals surface area contributed by atoms with Crippen molar-refractivity contribution in [1.29, 1.82) is 0 Å². The maximum absolute atomic E-state index is 12.4. The first-order valence-corrected chi connectivity index (χ1v) is 12.6. The van der Waals surface area contributed by atoms with Gasteiger partial charge in [0.05, 0.1) is 17.9 Å². The second-order valence-corrected chi connectivity index (χ2v) is 9.19. The molecule has 1 saturated heterocycles. The van der Waals surface area contributed by atoms with Gasteiger partial charge in [-0.25, -0.2) is 9.97 Å². The predicted octanol–water partition coefficient (Wildman–Crippen LogP) is 2.53. The number of piperazine rings is 1. The number of primary amides is 1. The van der Waals surface area contributed by atoms with Gasteiger partial charge in [-0.3, -0.25) is 19.6 Å². The van der Waals surface area contributed by atoms with Gasteiger partial charge in [0.15, 0.2) is 5.65 Å². The molecule has 0 bridgehead atoms. The van der Waals surface area contributed by atoms with Crippen molar-refractivity contribution in [2.45, 2.75) is 19.9 Å². The number of hydrogen-bond acceptors (Lipinski definition) is 8. The van der Waals surface area contributed by atoms with Gasteiger partial charge in [0.1, 0.15) is 11.3 Å². The van der Waals surface area contributed by atoms with Crippen LogP contribution in [0.4, 0.5) is 11.4 Å². The van der Waals surface area contributed by atoms with Crippen LogP contribution in [-0.2, 0) is 13.0 Å². The van der Waals surface area contributed by atoms with E-state index >= 15 is 0 Å². The molecule has 1 aromatic carbocycles. The minimum Gasteiger partial charge on any atom is -0.395 e. The van der Waals surface area contributed by atoms with Crippen molar-refractivity contribution in [2.75, 3.05) is 44.6 Å². The number of H-pyrrole nitrogens is 1. The third-order valence-electron chi connectivity index (χ3n) is 6.89. The Morgan fingerprint density at radius 3 is 2.59 bits per heavy atom. The molecule has 10 heteroatoms. The van der Waals surface area contributed by atoms with E-state index in [9.17, 15) is 9.90 Å². The first kappa shape index (κ1) is 24.8. The zero-order valence-corrected chi connectivity index (χ0v) is 20.9. The van der Waals surface area contributed by atoms with Gasteiger partial charge in [0.2, 0.25) is 0 Å². The Bertz CT molecular complexity index is 1380. The summed E-state index contributed by atoms with van der Waals surface area (Å²) in [6.07, 6.45) is 5.72. The first-order valence-electron chi connectivity index (χ1n) is 12.6. The van der Waals surface area contributed by atoms with Gasteiger partial charge in [0.25, 0.3) is 5.91 Å². The zero-order valence-electron chi connectivity index (χ0n) is 20.9. The minimum atomic E-state index is -0.569. The smallest absolute Gasteiger partial charge is 0.252 e. The molecule has 0 saturated carbocycles. The van der Waals surface area contributed by atoms with Crippen LogP contribution in [0.25, 0.3) is 22.6 Å². The van der Waals surface area contributed by atoms with E-state index in [-0.39, 0.29) is 12.2 Å². The van der Waals surface area contributed by atoms with Gasteiger partial charge < -0.3 is 21.1 Å². The summed E-state index contributed by atoms with van der Waals surface area (Å²) in [5.74, 6) is 0.0692. The number of carbonyl (C=O) groups excluding carboxylic acids is 1. The second kappa shape index (κ2) is 11.0. The molecule has 0 radical (unpaired) electrons. The number of amides is 1. The summed E-state index contributed by atoms with van der Waals surface area (Å²) >= 11 is 0. The van der Waals surface area contributed by atoms with Crippen molar-refractivity contribution < 1.29 is 9.90 Å². The van der Waals surface area contributed by atoms with E-state index in [0.29, 0.717) is 22.7 Å². The van der Waals surface area contributed by atoms with Crippen LogP contribution in [0.15, 0.2) is 48.9 Å². The SMILES string of the molecule is CCc1c(CN2CCN(CCO)CC2)cccc1Nc1c(C(N)=O)cnc2[nH]c(-c3ccncc3)nc12. The average Bonchev–Trinajstić information content (AvgIpc) is 3.36. The van der Waals surface area contributed by atoms with Crippen LogP contribution in [0.5, 0.6) is 0 Å². The molecule has 1 fully saturated rings. The van der Waals surface area contributed by atoms with Crippen LogP contribution in [-0.4, -0.2) is 80.1 Å². The predicted molar refractivity (Wildman–Crippen MR) is 144 cm³/mol. The van der Waals surface area contributed by atoms with Crippen molar-refractivity contribution in [3.63, 3.8) is 0 Å². The fraction of sp³-hybridized carbons (Fsp3) is 0.333. The number of aliphatic hydroxyl groups excluding tert-OH is 1. The van der Waals surface area contributed by atoms with E-state index in [1.54, 1.807) is 12.4 Å². The highest BCUT2D eigenvalue weighted by Crippen LogP contribution is 2.32. The molecule has 0 unspecified atom stereocenters. The lowest BCUT2D eigenvalue weighted by molar-refractivity contribution is 0.100. The maximum atomic E-state index is 12.4. The molecule has 0 atom stereocenters. The molecule has 0 aliphatic carbocycles. The Kier molecular flexibility index (Phi) is 7.40. The molecular weight excluding hydrogens is 468 g/mol. The number of hydrogen-bond donors (Lipinski definition) is 4. The molecule has 37 heavy (non-hydrogen) atoms. The van der Waals surface area contributed by atoms with Crippen LogP contribution in [0.1, 0.15) is 28.4 Å². The number of β-amino-alcohol motifs (C(OH)–C–C–N with tert-alkyl or cyclic N) is 1. The summed E-state index contributed by atoms with van der Waals surface area (Å²) in [5.41, 5.74) is 11.9. The summed E-state index contributed by atoms with van der Waals surface area (Å²) in [4.78, 5) is 33.6. The Hall–Kier alpha value is -3.86. The topological polar surface area (TPSA) is 136 Å². The molecule has 4 aromatic rings. The van der Waals surface area contributed by atoms with Gasteiger partial charge in [-0.05, 0) is 35.7 Å². The standard InChI is InChI=1S/C27H32N8O2/c1-2-20-19(17-35-12-10-34(11-13-35)14-15-36)4-3-5-22(20)31-23-21(25(28)37)16-30-27-24(23)32-26(33-27)18-6-8-29-9-7-18/h3-9,16,36H,2,10-15,17H2,1H3,(H2,28,37)(H2,30,31,32,33). The fourth-order valence-corrected chi connectivity index (χ4v) is 4.92. The number of nitrogens with two attached hydrogens (primary N) is 1. The van der Waals surface area contributed by atoms with Gasteiger partial charge in [-0.1, -0.05) is 19.1 Å². The lowest BCUT2D eigenvalue weighted by atomic mass is 10.0. The van der Waals surface area contributed by atoms with Gasteiger partial charge in [0, 0.05) is 69.1 Å². The summed E-state index contributed by atoms with van der Waals surface area (Å²) in [7, 11) is 0. The van der Waals surface area contributed by atoms with E-state index in [1.807, 2.05) is 24.3 Å². The van der Waals surface area contributed by atoms with Crippen molar-refractivity contribution in [3.8, 4) is 11.4 Å². The zero-order chi connectivity index (χ0) is 25.8. The average molecular weight is 501 g/mol. The first-order chi connectivity index (χ1) is 18.1. The summed E-state index contributed by atoms with van der Waals surface area (Å²) in [6.45, 7) is 7.73. The fourth-order valence-electron chi connectivity index (χ4n) is 4.92. The molecule has 10 nitrogen and oxygen atoms in total. The van der Waals surface area contributed by atoms with Crippen LogP contribution in [0.3, 0.4) is 0 Å². The minimum absolute atomic E-state index is 0.198. The Labute approximate surface area is 215 Å². The number of nitrogens with one attached hydrogen (secondary N) is 2. The molecule has 5 rings (SSSR count). The highest BCUT2D eigenvalue weighted by atomic mass is 16.3. The number of pyridine rings is 2. The largest absolute Gasteiger partial charge is 0.395 e. The van der Waals surface area contributed by atoms with Crippen LogP contribution in [0.2, 0.25) is 0 Å². The number of aliphatic hydroxyl groups is 1. The number of aromatic amines is 1. The van der Waals surface area contributed by atoms with E-state index < -0.39 is 5.91 Å². The number of nitrogens with zero attached hydrogens (tertiary/aromatic N) is 5. The normalized spacial score (nSPS) is 14.8. The Balaban J connectivity index is 1.47. The van der Waals surface area contributed by atoms with Gasteiger partial charge in [-0.2, -0.15) is 0 Å². The van der Waals surface area contributed by atoms with Crippen LogP contribution >= 0.6 is 0 Å². The lowest BCUT2D eigenvalue weighted by Crippen LogP contribution is -2.46. The van der Waals surface area contributed by atoms with E-state index in [0.717, 1.165) is 56.9 Å². The third-order valence-corrected chi connectivity index (χ3v) is 6.89. The summed E-state index contributed by atoms with van der Waals surface area (Å²) in [5, 5.41) is 12.7. The number of carbonyl (C=O) groups is 1. The lowest BCUT2D eigenvalue weighted by Gasteiger charge is -2.34. The number of fused-ring (bicyclic) bond motifs is 1. The summed E-state index contributed by atoms with van der Waals surface area (Å²) in [6, 6.07) is 9.95. The molecular formula is C27H32N8O2. The van der Waals surface area contributed by atoms with Crippen LogP contribution < -0.4 is 11.1 Å². The quantitative estimate of drug-likeness (QED) is 0.275. The molecule has 0 spiro atoms. The van der Waals surface area contributed by atoms with E-state index in [1.165, 1.54) is 17.3 Å². The molecule has 3 aromatic heterocycles. The molecule has 4 heterocycles. The number of benzene rings is 1. The molecule has 1 aliphatic heterocycles. The number of rotatable bonds is 9. The molecule has 192 valence electrons. The van der Waals surface area contributed by atoms with E-state index in [4.69, 9.17) is 10.7 Å². The van der Waals surface area contributed by atoms with E-state index in [2.05, 4.69) is 43.1 Å². The highest BCUT2D eigenvalue weighted by Gasteiger charge is 2.21. The number of anilines is 2. The molecule has 1 amide bonds. The van der Waals surface area contributed by atoms with Crippen molar-refractivity contribution in [2.24, 2.45) is 5.73 Å². The van der Waals surface area contributed by atoms with Gasteiger partial charge >= 0.3 is 0 Å². The van der Waals surface area contributed by atoms with Crippen molar-refractivity contribution >= 4 is 28.4 Å². The monoisotopic (exact) mass is 500 g/mol. The maximum Gasteiger partial charge on any atom is 0.252 e. The van der Waals surface area contributed by atoms with Crippen molar-refractivity contribution in [1.82, 2.24) is 29.7 Å². The van der Waals surface area contributed by atoms with Crippen molar-refractivity contribution in [3.05, 3.63) is 65.6 Å². The molecule has 1 aliphatic rings. The Morgan fingerprint density at radius 1 is 1.14 bits per heavy atom. The second-order valence-electron chi connectivity index (χ2n) is 9.19. The summed E-state index contributed by atoms with van der Waals surface area (Å²) < 4.78 is 0. The number of aromatic nitrogens is 4. The molecule has 5 N–H and O–H groups in total. The Morgan fingerprint density at radius 2 is 1.89 bits per heavy atom. The van der Waals surface area contributed by atoms with Crippen LogP contribution in [0, 0.1) is 0 Å². The third kappa shape index (κ3) is 5.31. The highest BCUT2D eigenvalue weighted by molar-refractivity contribution is 6.06. The number of imidazole rings is 1.